The minimum absolute atomic E-state index is 0.301. The second kappa shape index (κ2) is 6.53. The summed E-state index contributed by atoms with van der Waals surface area (Å²) in [5.74, 6) is 0.391. The highest BCUT2D eigenvalue weighted by molar-refractivity contribution is 4.87. The number of hydrogen-bond acceptors (Lipinski definition) is 4. The average Bonchev–Trinajstić information content (AvgIpc) is 2.82. The van der Waals surface area contributed by atoms with Crippen molar-refractivity contribution in [3.63, 3.8) is 0 Å². The Morgan fingerprint density at radius 2 is 2.05 bits per heavy atom. The molecule has 0 bridgehead atoms. The van der Waals surface area contributed by atoms with Crippen molar-refractivity contribution in [1.29, 1.82) is 0 Å². The molecule has 2 heterocycles. The Morgan fingerprint density at radius 1 is 1.35 bits per heavy atom. The molecule has 8 heteroatoms. The van der Waals surface area contributed by atoms with E-state index in [9.17, 15) is 13.2 Å². The van der Waals surface area contributed by atoms with Crippen LogP contribution in [0.3, 0.4) is 0 Å². The minimum Gasteiger partial charge on any atom is -0.379 e. The Kier molecular flexibility index (Phi) is 4.98. The molecule has 5 nitrogen and oxygen atoms in total. The second-order valence-electron chi connectivity index (χ2n) is 4.99. The van der Waals surface area contributed by atoms with Crippen LogP contribution in [-0.4, -0.2) is 58.2 Å². The van der Waals surface area contributed by atoms with Crippen molar-refractivity contribution < 1.29 is 17.9 Å². The number of hydrogen-bond donors (Lipinski definition) is 0. The van der Waals surface area contributed by atoms with Gasteiger partial charge in [-0.15, -0.1) is 0 Å². The number of alkyl halides is 3. The second-order valence-corrected chi connectivity index (χ2v) is 4.99. The number of aryl methyl sites for hydroxylation is 1. The first-order valence-electron chi connectivity index (χ1n) is 6.71. The number of halogens is 3. The van der Waals surface area contributed by atoms with E-state index in [2.05, 4.69) is 21.9 Å². The molecule has 1 atom stereocenters. The third-order valence-corrected chi connectivity index (χ3v) is 3.48. The maximum Gasteiger partial charge on any atom is 0.408 e. The molecule has 0 aliphatic carbocycles. The maximum atomic E-state index is 12.4. The zero-order valence-electron chi connectivity index (χ0n) is 11.4. The van der Waals surface area contributed by atoms with Crippen LogP contribution in [0.25, 0.3) is 0 Å². The fourth-order valence-corrected chi connectivity index (χ4v) is 2.32. The molecule has 0 saturated carbocycles. The normalized spacial score (nSPS) is 19.2. The summed E-state index contributed by atoms with van der Waals surface area (Å²) >= 11 is 0. The molecule has 1 aromatic rings. The SMILES string of the molecule is CC(CCc1ncnn1CC(F)(F)F)N1CCOCC1. The first kappa shape index (κ1) is 15.2. The predicted molar refractivity (Wildman–Crippen MR) is 66.3 cm³/mol. The molecule has 1 aromatic heterocycles. The van der Waals surface area contributed by atoms with E-state index in [1.165, 1.54) is 6.33 Å². The first-order valence-corrected chi connectivity index (χ1v) is 6.71. The molecule has 1 unspecified atom stereocenters. The summed E-state index contributed by atoms with van der Waals surface area (Å²) < 4.78 is 43.4. The summed E-state index contributed by atoms with van der Waals surface area (Å²) in [5.41, 5.74) is 0. The van der Waals surface area contributed by atoms with Gasteiger partial charge in [0.2, 0.25) is 0 Å². The number of ether oxygens (including phenoxy) is 1. The molecule has 0 aromatic carbocycles. The molecule has 1 aliphatic rings. The molecule has 20 heavy (non-hydrogen) atoms. The van der Waals surface area contributed by atoms with Crippen LogP contribution < -0.4 is 0 Å². The zero-order valence-corrected chi connectivity index (χ0v) is 11.4. The molecular formula is C12H19F3N4O. The highest BCUT2D eigenvalue weighted by Gasteiger charge is 2.29. The van der Waals surface area contributed by atoms with E-state index in [4.69, 9.17) is 4.74 Å². The summed E-state index contributed by atoms with van der Waals surface area (Å²) in [6, 6.07) is 0.301. The van der Waals surface area contributed by atoms with Crippen molar-refractivity contribution in [2.45, 2.75) is 38.5 Å². The van der Waals surface area contributed by atoms with Crippen molar-refractivity contribution in [3.05, 3.63) is 12.2 Å². The predicted octanol–water partition coefficient (Wildman–Crippen LogP) is 1.49. The van der Waals surface area contributed by atoms with Gasteiger partial charge in [0.05, 0.1) is 13.2 Å². The lowest BCUT2D eigenvalue weighted by Gasteiger charge is -2.32. The lowest BCUT2D eigenvalue weighted by molar-refractivity contribution is -0.143. The van der Waals surface area contributed by atoms with Crippen molar-refractivity contribution in [3.8, 4) is 0 Å². The Bertz CT molecular complexity index is 415. The van der Waals surface area contributed by atoms with Crippen LogP contribution in [0.4, 0.5) is 13.2 Å². The maximum absolute atomic E-state index is 12.4. The molecular weight excluding hydrogens is 273 g/mol. The van der Waals surface area contributed by atoms with Gasteiger partial charge in [-0.2, -0.15) is 18.3 Å². The molecule has 1 fully saturated rings. The van der Waals surface area contributed by atoms with Crippen molar-refractivity contribution in [1.82, 2.24) is 19.7 Å². The van der Waals surface area contributed by atoms with Gasteiger partial charge < -0.3 is 4.74 Å². The molecule has 2 rings (SSSR count). The molecule has 0 amide bonds. The third-order valence-electron chi connectivity index (χ3n) is 3.48. The van der Waals surface area contributed by atoms with E-state index in [1.54, 1.807) is 0 Å². The molecule has 1 aliphatic heterocycles. The summed E-state index contributed by atoms with van der Waals surface area (Å²) in [5, 5.41) is 3.64. The Morgan fingerprint density at radius 3 is 2.70 bits per heavy atom. The number of aromatic nitrogens is 3. The first-order chi connectivity index (χ1) is 9.46. The lowest BCUT2D eigenvalue weighted by atomic mass is 10.1. The summed E-state index contributed by atoms with van der Waals surface area (Å²) in [6.07, 6.45) is -1.83. The molecule has 0 radical (unpaired) electrons. The number of morpholine rings is 1. The van der Waals surface area contributed by atoms with Crippen LogP contribution in [0.1, 0.15) is 19.2 Å². The number of nitrogens with zero attached hydrogens (tertiary/aromatic N) is 4. The quantitative estimate of drug-likeness (QED) is 0.825. The standard InChI is InChI=1S/C12H19F3N4O/c1-10(18-4-6-20-7-5-18)2-3-11-16-9-17-19(11)8-12(13,14)15/h9-10H,2-8H2,1H3. The molecule has 114 valence electrons. The third kappa shape index (κ3) is 4.45. The highest BCUT2D eigenvalue weighted by Crippen LogP contribution is 2.18. The molecule has 0 N–H and O–H groups in total. The van der Waals surface area contributed by atoms with E-state index in [1.807, 2.05) is 0 Å². The number of rotatable bonds is 5. The van der Waals surface area contributed by atoms with Crippen LogP contribution in [0.15, 0.2) is 6.33 Å². The smallest absolute Gasteiger partial charge is 0.379 e. The van der Waals surface area contributed by atoms with Crippen molar-refractivity contribution in [2.75, 3.05) is 26.3 Å². The minimum atomic E-state index is -4.27. The molecule has 1 saturated heterocycles. The van der Waals surface area contributed by atoms with Gasteiger partial charge in [-0.1, -0.05) is 0 Å². The van der Waals surface area contributed by atoms with Crippen LogP contribution in [0, 0.1) is 0 Å². The lowest BCUT2D eigenvalue weighted by Crippen LogP contribution is -2.42. The summed E-state index contributed by atoms with van der Waals surface area (Å²) in [4.78, 5) is 6.21. The highest BCUT2D eigenvalue weighted by atomic mass is 19.4. The summed E-state index contributed by atoms with van der Waals surface area (Å²) in [7, 11) is 0. The van der Waals surface area contributed by atoms with Crippen LogP contribution in [0.2, 0.25) is 0 Å². The summed E-state index contributed by atoms with van der Waals surface area (Å²) in [6.45, 7) is 4.18. The zero-order chi connectivity index (χ0) is 14.6. The van der Waals surface area contributed by atoms with Crippen molar-refractivity contribution >= 4 is 0 Å². The Balaban J connectivity index is 1.85. The molecule has 0 spiro atoms. The average molecular weight is 292 g/mol. The van der Waals surface area contributed by atoms with Gasteiger partial charge in [-0.3, -0.25) is 4.90 Å². The topological polar surface area (TPSA) is 43.2 Å². The van der Waals surface area contributed by atoms with Gasteiger partial charge in [0.15, 0.2) is 0 Å². The fraction of sp³-hybridized carbons (Fsp3) is 0.833. The van der Waals surface area contributed by atoms with E-state index in [0.717, 1.165) is 24.2 Å². The van der Waals surface area contributed by atoms with Crippen LogP contribution >= 0.6 is 0 Å². The van der Waals surface area contributed by atoms with Gasteiger partial charge in [0.25, 0.3) is 0 Å². The van der Waals surface area contributed by atoms with E-state index < -0.39 is 12.7 Å². The fourth-order valence-electron chi connectivity index (χ4n) is 2.32. The van der Waals surface area contributed by atoms with Gasteiger partial charge in [-0.25, -0.2) is 9.67 Å². The Labute approximate surface area is 115 Å². The van der Waals surface area contributed by atoms with Crippen molar-refractivity contribution in [2.24, 2.45) is 0 Å². The van der Waals surface area contributed by atoms with Gasteiger partial charge in [0.1, 0.15) is 18.7 Å². The van der Waals surface area contributed by atoms with Gasteiger partial charge >= 0.3 is 6.18 Å². The van der Waals surface area contributed by atoms with Crippen LogP contribution in [0.5, 0.6) is 0 Å². The van der Waals surface area contributed by atoms with E-state index in [-0.39, 0.29) is 0 Å². The Hall–Kier alpha value is -1.15. The van der Waals surface area contributed by atoms with Crippen LogP contribution in [-0.2, 0) is 17.7 Å². The van der Waals surface area contributed by atoms with Gasteiger partial charge in [-0.05, 0) is 13.3 Å². The largest absolute Gasteiger partial charge is 0.408 e. The van der Waals surface area contributed by atoms with E-state index >= 15 is 0 Å². The van der Waals surface area contributed by atoms with E-state index in [0.29, 0.717) is 31.5 Å². The monoisotopic (exact) mass is 292 g/mol. The van der Waals surface area contributed by atoms with Gasteiger partial charge in [0, 0.05) is 25.6 Å².